The Morgan fingerprint density at radius 1 is 1.10 bits per heavy atom. The van der Waals surface area contributed by atoms with Crippen LogP contribution < -0.4 is 38.5 Å². The number of pyridine rings is 1. The SMILES string of the molecule is CC(C)(C)c1cccc(OC(=O)Nc2ccc(NCc3ccc(F)cc3)[nH+]c2N)c1.[Cl-]. The van der Waals surface area contributed by atoms with Gasteiger partial charge in [-0.15, -0.1) is 0 Å². The van der Waals surface area contributed by atoms with Gasteiger partial charge in [0.1, 0.15) is 17.3 Å². The average Bonchev–Trinajstić information content (AvgIpc) is 2.69. The fourth-order valence-corrected chi connectivity index (χ4v) is 2.79. The van der Waals surface area contributed by atoms with Crippen LogP contribution in [0.1, 0.15) is 31.9 Å². The maximum Gasteiger partial charge on any atom is 0.417 e. The smallest absolute Gasteiger partial charge is 0.417 e. The van der Waals surface area contributed by atoms with Crippen LogP contribution in [0.5, 0.6) is 5.75 Å². The molecule has 6 nitrogen and oxygen atoms in total. The summed E-state index contributed by atoms with van der Waals surface area (Å²) in [5.41, 5.74) is 8.36. The minimum absolute atomic E-state index is 0. The van der Waals surface area contributed by atoms with E-state index in [2.05, 4.69) is 36.4 Å². The lowest BCUT2D eigenvalue weighted by Gasteiger charge is -2.19. The number of benzene rings is 2. The van der Waals surface area contributed by atoms with Crippen LogP contribution in [0.3, 0.4) is 0 Å². The van der Waals surface area contributed by atoms with Crippen LogP contribution in [0, 0.1) is 5.82 Å². The molecule has 5 N–H and O–H groups in total. The van der Waals surface area contributed by atoms with Crippen LogP contribution in [-0.2, 0) is 12.0 Å². The van der Waals surface area contributed by atoms with Crippen molar-refractivity contribution in [3.63, 3.8) is 0 Å². The van der Waals surface area contributed by atoms with Gasteiger partial charge in [0.2, 0.25) is 11.6 Å². The summed E-state index contributed by atoms with van der Waals surface area (Å²) in [7, 11) is 0. The highest BCUT2D eigenvalue weighted by Crippen LogP contribution is 2.26. The minimum atomic E-state index is -0.631. The van der Waals surface area contributed by atoms with Gasteiger partial charge in [0.25, 0.3) is 0 Å². The Bertz CT molecular complexity index is 1040. The number of aromatic amines is 1. The zero-order chi connectivity index (χ0) is 21.7. The Labute approximate surface area is 187 Å². The molecule has 0 bridgehead atoms. The zero-order valence-electron chi connectivity index (χ0n) is 17.6. The summed E-state index contributed by atoms with van der Waals surface area (Å²) < 4.78 is 18.4. The van der Waals surface area contributed by atoms with Gasteiger partial charge in [0, 0.05) is 6.07 Å². The van der Waals surface area contributed by atoms with E-state index >= 15 is 0 Å². The fourth-order valence-electron chi connectivity index (χ4n) is 2.79. The van der Waals surface area contributed by atoms with Crippen LogP contribution in [0.15, 0.2) is 60.7 Å². The molecule has 0 spiro atoms. The van der Waals surface area contributed by atoms with Gasteiger partial charge < -0.3 is 28.2 Å². The summed E-state index contributed by atoms with van der Waals surface area (Å²) in [5, 5.41) is 5.80. The monoisotopic (exact) mass is 444 g/mol. The number of carbonyl (C=O) groups is 1. The number of halogens is 2. The molecule has 0 radical (unpaired) electrons. The first-order chi connectivity index (χ1) is 14.2. The van der Waals surface area contributed by atoms with Crippen molar-refractivity contribution in [2.75, 3.05) is 16.4 Å². The predicted molar refractivity (Wildman–Crippen MR) is 116 cm³/mol. The van der Waals surface area contributed by atoms with Gasteiger partial charge in [-0.25, -0.2) is 14.2 Å². The van der Waals surface area contributed by atoms with Gasteiger partial charge in [-0.05, 0) is 46.9 Å². The maximum absolute atomic E-state index is 13.0. The number of ether oxygens (including phenoxy) is 1. The van der Waals surface area contributed by atoms with E-state index < -0.39 is 6.09 Å². The van der Waals surface area contributed by atoms with Gasteiger partial charge in [-0.2, -0.15) is 0 Å². The molecule has 8 heteroatoms. The molecule has 2 aromatic carbocycles. The number of nitrogen functional groups attached to an aromatic ring is 1. The second-order valence-corrected chi connectivity index (χ2v) is 7.97. The number of amides is 1. The molecule has 31 heavy (non-hydrogen) atoms. The number of carbonyl (C=O) groups excluding carboxylic acids is 1. The zero-order valence-corrected chi connectivity index (χ0v) is 18.4. The van der Waals surface area contributed by atoms with Gasteiger partial charge in [-0.1, -0.05) is 45.0 Å². The van der Waals surface area contributed by atoms with Crippen LogP contribution in [0.25, 0.3) is 0 Å². The largest absolute Gasteiger partial charge is 1.00 e. The van der Waals surface area contributed by atoms with E-state index in [0.29, 0.717) is 23.8 Å². The fraction of sp³-hybridized carbons (Fsp3) is 0.217. The Balaban J connectivity index is 0.00000341. The first kappa shape index (κ1) is 24.0. The summed E-state index contributed by atoms with van der Waals surface area (Å²) in [6.45, 7) is 6.77. The van der Waals surface area contributed by atoms with E-state index in [1.54, 1.807) is 30.3 Å². The summed E-state index contributed by atoms with van der Waals surface area (Å²) in [6, 6.07) is 17.1. The van der Waals surface area contributed by atoms with Crippen molar-refractivity contribution < 1.29 is 31.3 Å². The number of nitrogens with one attached hydrogen (secondary N) is 3. The molecule has 0 saturated carbocycles. The molecule has 3 rings (SSSR count). The van der Waals surface area contributed by atoms with Gasteiger partial charge in [0.05, 0.1) is 6.54 Å². The summed E-state index contributed by atoms with van der Waals surface area (Å²) in [5.74, 6) is 1.12. The van der Waals surface area contributed by atoms with E-state index in [9.17, 15) is 9.18 Å². The summed E-state index contributed by atoms with van der Waals surface area (Å²) in [6.07, 6.45) is -0.631. The minimum Gasteiger partial charge on any atom is -1.00 e. The number of hydrogen-bond acceptors (Lipinski definition) is 4. The van der Waals surface area contributed by atoms with E-state index in [0.717, 1.165) is 11.1 Å². The van der Waals surface area contributed by atoms with Gasteiger partial charge in [0.15, 0.2) is 0 Å². The topological polar surface area (TPSA) is 90.5 Å². The number of anilines is 3. The third-order valence-electron chi connectivity index (χ3n) is 4.52. The molecule has 0 aliphatic heterocycles. The van der Waals surface area contributed by atoms with Crippen molar-refractivity contribution in [3.8, 4) is 5.75 Å². The molecular formula is C23H26ClFN4O2. The number of hydrogen-bond donors (Lipinski definition) is 3. The molecule has 0 fully saturated rings. The first-order valence-corrected chi connectivity index (χ1v) is 9.60. The number of aromatic nitrogens is 1. The van der Waals surface area contributed by atoms with Gasteiger partial charge in [-0.3, -0.25) is 5.32 Å². The lowest BCUT2D eigenvalue weighted by molar-refractivity contribution is -0.342. The third kappa shape index (κ3) is 6.86. The number of rotatable bonds is 5. The van der Waals surface area contributed by atoms with Crippen molar-refractivity contribution >= 4 is 23.4 Å². The normalized spacial score (nSPS) is 10.7. The highest BCUT2D eigenvalue weighted by molar-refractivity contribution is 5.88. The number of H-pyrrole nitrogens is 1. The van der Waals surface area contributed by atoms with Crippen LogP contribution in [0.4, 0.5) is 26.5 Å². The van der Waals surface area contributed by atoms with Crippen LogP contribution >= 0.6 is 0 Å². The van der Waals surface area contributed by atoms with E-state index in [1.807, 2.05) is 18.2 Å². The number of nitrogens with two attached hydrogens (primary N) is 1. The van der Waals surface area contributed by atoms with E-state index in [-0.39, 0.29) is 29.5 Å². The quantitative estimate of drug-likeness (QED) is 0.559. The van der Waals surface area contributed by atoms with Crippen molar-refractivity contribution in [2.45, 2.75) is 32.7 Å². The van der Waals surface area contributed by atoms with Crippen molar-refractivity contribution in [2.24, 2.45) is 0 Å². The third-order valence-corrected chi connectivity index (χ3v) is 4.52. The van der Waals surface area contributed by atoms with Crippen molar-refractivity contribution in [1.82, 2.24) is 0 Å². The molecule has 0 aliphatic carbocycles. The van der Waals surface area contributed by atoms with Crippen LogP contribution in [0.2, 0.25) is 0 Å². The first-order valence-electron chi connectivity index (χ1n) is 9.60. The van der Waals surface area contributed by atoms with Crippen LogP contribution in [-0.4, -0.2) is 6.09 Å². The second-order valence-electron chi connectivity index (χ2n) is 7.97. The maximum atomic E-state index is 13.0. The molecule has 1 aromatic heterocycles. The van der Waals surface area contributed by atoms with Gasteiger partial charge >= 0.3 is 6.09 Å². The van der Waals surface area contributed by atoms with E-state index in [1.165, 1.54) is 12.1 Å². The molecular weight excluding hydrogens is 419 g/mol. The Hall–Kier alpha value is -3.32. The molecule has 0 aliphatic rings. The van der Waals surface area contributed by atoms with Crippen molar-refractivity contribution in [1.29, 1.82) is 0 Å². The molecule has 3 aromatic rings. The Kier molecular flexibility index (Phi) is 7.83. The molecule has 0 unspecified atom stereocenters. The summed E-state index contributed by atoms with van der Waals surface area (Å²) in [4.78, 5) is 15.2. The Morgan fingerprint density at radius 3 is 2.45 bits per heavy atom. The highest BCUT2D eigenvalue weighted by atomic mass is 35.5. The standard InChI is InChI=1S/C23H25FN4O2.ClH/c1-23(2,3)16-5-4-6-18(13-16)30-22(29)27-19-11-12-20(28-21(19)25)26-14-15-7-9-17(24)10-8-15;/h4-13H,14H2,1-3H3,(H,27,29)(H3,25,26,28);1H. The Morgan fingerprint density at radius 2 is 1.81 bits per heavy atom. The van der Waals surface area contributed by atoms with E-state index in [4.69, 9.17) is 10.5 Å². The average molecular weight is 445 g/mol. The van der Waals surface area contributed by atoms with Crippen molar-refractivity contribution in [3.05, 3.63) is 77.6 Å². The predicted octanol–water partition coefficient (Wildman–Crippen LogP) is 1.75. The highest BCUT2D eigenvalue weighted by Gasteiger charge is 2.16. The lowest BCUT2D eigenvalue weighted by Crippen LogP contribution is -3.00. The molecule has 164 valence electrons. The molecule has 0 atom stereocenters. The lowest BCUT2D eigenvalue weighted by atomic mass is 9.87. The molecule has 0 saturated heterocycles. The molecule has 1 heterocycles. The second kappa shape index (κ2) is 10.1. The summed E-state index contributed by atoms with van der Waals surface area (Å²) >= 11 is 0. The molecule has 1 amide bonds.